The van der Waals surface area contributed by atoms with E-state index in [0.717, 1.165) is 30.5 Å². The van der Waals surface area contributed by atoms with Gasteiger partial charge in [-0.3, -0.25) is 4.90 Å². The Bertz CT molecular complexity index is 355. The molecule has 1 rings (SSSR count). The summed E-state index contributed by atoms with van der Waals surface area (Å²) in [6.45, 7) is 6.81. The maximum atomic E-state index is 6.04. The molecule has 0 saturated heterocycles. The van der Waals surface area contributed by atoms with Crippen LogP contribution in [-0.2, 0) is 4.74 Å². The summed E-state index contributed by atoms with van der Waals surface area (Å²) < 4.78 is 6.40. The van der Waals surface area contributed by atoms with Crippen LogP contribution in [0.15, 0.2) is 15.9 Å². The zero-order valence-electron chi connectivity index (χ0n) is 12.1. The lowest BCUT2D eigenvalue weighted by Gasteiger charge is -2.36. The maximum Gasteiger partial charge on any atom is 0.0590 e. The quantitative estimate of drug-likeness (QED) is 0.740. The van der Waals surface area contributed by atoms with Crippen molar-refractivity contribution in [2.45, 2.75) is 38.8 Å². The van der Waals surface area contributed by atoms with Gasteiger partial charge in [0.25, 0.3) is 0 Å². The van der Waals surface area contributed by atoms with E-state index in [2.05, 4.69) is 46.1 Å². The number of methoxy groups -OCH3 is 1. The fourth-order valence-corrected chi connectivity index (χ4v) is 4.04. The molecule has 110 valence electrons. The summed E-state index contributed by atoms with van der Waals surface area (Å²) in [5, 5.41) is 2.12. The van der Waals surface area contributed by atoms with Crippen molar-refractivity contribution in [1.82, 2.24) is 4.90 Å². The van der Waals surface area contributed by atoms with Crippen LogP contribution in [0.2, 0.25) is 0 Å². The Morgan fingerprint density at radius 3 is 2.53 bits per heavy atom. The average Bonchev–Trinajstić information content (AvgIpc) is 2.84. The lowest BCUT2D eigenvalue weighted by molar-refractivity contribution is 0.0830. The van der Waals surface area contributed by atoms with Crippen LogP contribution in [0.5, 0.6) is 0 Å². The minimum Gasteiger partial charge on any atom is -0.383 e. The van der Waals surface area contributed by atoms with E-state index in [1.54, 1.807) is 18.4 Å². The third kappa shape index (κ3) is 4.83. The summed E-state index contributed by atoms with van der Waals surface area (Å²) in [7, 11) is 1.75. The van der Waals surface area contributed by atoms with Crippen LogP contribution in [0.3, 0.4) is 0 Å². The topological polar surface area (TPSA) is 38.5 Å². The second kappa shape index (κ2) is 9.08. The van der Waals surface area contributed by atoms with Gasteiger partial charge < -0.3 is 10.5 Å². The van der Waals surface area contributed by atoms with E-state index in [-0.39, 0.29) is 6.04 Å². The van der Waals surface area contributed by atoms with Gasteiger partial charge in [0.2, 0.25) is 0 Å². The summed E-state index contributed by atoms with van der Waals surface area (Å²) >= 11 is 5.30. The van der Waals surface area contributed by atoms with Crippen molar-refractivity contribution in [1.29, 1.82) is 0 Å². The molecular formula is C14H25BrN2OS. The first-order valence-corrected chi connectivity index (χ1v) is 8.53. The van der Waals surface area contributed by atoms with Crippen molar-refractivity contribution in [2.75, 3.05) is 26.8 Å². The first-order chi connectivity index (χ1) is 9.17. The fourth-order valence-electron chi connectivity index (χ4n) is 2.47. The number of nitrogens with two attached hydrogens (primary N) is 1. The second-order valence-electron chi connectivity index (χ2n) is 4.62. The van der Waals surface area contributed by atoms with Gasteiger partial charge in [-0.2, -0.15) is 0 Å². The molecule has 0 amide bonds. The van der Waals surface area contributed by atoms with E-state index >= 15 is 0 Å². The molecule has 3 nitrogen and oxygen atoms in total. The number of hydrogen-bond donors (Lipinski definition) is 1. The third-order valence-electron chi connectivity index (χ3n) is 3.50. The first kappa shape index (κ1) is 17.1. The Balaban J connectivity index is 2.91. The number of halogens is 1. The van der Waals surface area contributed by atoms with E-state index in [1.165, 1.54) is 4.88 Å². The van der Waals surface area contributed by atoms with Crippen molar-refractivity contribution in [3.63, 3.8) is 0 Å². The van der Waals surface area contributed by atoms with Crippen molar-refractivity contribution in [3.05, 3.63) is 20.8 Å². The highest BCUT2D eigenvalue weighted by atomic mass is 79.9. The molecule has 5 heteroatoms. The summed E-state index contributed by atoms with van der Waals surface area (Å²) in [6.07, 6.45) is 2.28. The molecule has 0 aliphatic heterocycles. The van der Waals surface area contributed by atoms with E-state index in [1.807, 2.05) is 0 Å². The molecule has 0 spiro atoms. The Labute approximate surface area is 129 Å². The highest BCUT2D eigenvalue weighted by Crippen LogP contribution is 2.31. The Hall–Kier alpha value is 0.0600. The second-order valence-corrected chi connectivity index (χ2v) is 6.48. The third-order valence-corrected chi connectivity index (χ3v) is 5.30. The number of ether oxygens (including phenoxy) is 1. The number of nitrogens with zero attached hydrogens (tertiary/aromatic N) is 1. The summed E-state index contributed by atoms with van der Waals surface area (Å²) in [5.41, 5.74) is 6.04. The van der Waals surface area contributed by atoms with Crippen molar-refractivity contribution in [2.24, 2.45) is 5.73 Å². The average molecular weight is 349 g/mol. The van der Waals surface area contributed by atoms with Crippen LogP contribution in [0.1, 0.15) is 37.6 Å². The zero-order chi connectivity index (χ0) is 14.3. The SMILES string of the molecule is CCC(CC)N(CCOC)C(CN)c1cc(Br)cs1. The standard InChI is InChI=1S/C14H25BrN2OS/c1-4-12(5-2)17(6-7-18-3)13(9-16)14-8-11(15)10-19-14/h8,10,12-13H,4-7,9,16H2,1-3H3. The largest absolute Gasteiger partial charge is 0.383 e. The molecular weight excluding hydrogens is 324 g/mol. The number of thiophene rings is 1. The molecule has 1 aromatic rings. The summed E-state index contributed by atoms with van der Waals surface area (Å²) in [4.78, 5) is 3.83. The van der Waals surface area contributed by atoms with Crippen molar-refractivity contribution in [3.8, 4) is 0 Å². The molecule has 1 aromatic heterocycles. The van der Waals surface area contributed by atoms with Crippen molar-refractivity contribution >= 4 is 27.3 Å². The van der Waals surface area contributed by atoms with E-state index < -0.39 is 0 Å². The van der Waals surface area contributed by atoms with Gasteiger partial charge in [-0.15, -0.1) is 11.3 Å². The van der Waals surface area contributed by atoms with Crippen molar-refractivity contribution < 1.29 is 4.74 Å². The van der Waals surface area contributed by atoms with Crippen LogP contribution < -0.4 is 5.73 Å². The fraction of sp³-hybridized carbons (Fsp3) is 0.714. The first-order valence-electron chi connectivity index (χ1n) is 6.86. The Kier molecular flexibility index (Phi) is 8.18. The van der Waals surface area contributed by atoms with E-state index in [0.29, 0.717) is 12.6 Å². The molecule has 19 heavy (non-hydrogen) atoms. The van der Waals surface area contributed by atoms with Gasteiger partial charge in [0.15, 0.2) is 0 Å². The molecule has 1 heterocycles. The van der Waals surface area contributed by atoms with Crippen LogP contribution in [0.25, 0.3) is 0 Å². The van der Waals surface area contributed by atoms with E-state index in [9.17, 15) is 0 Å². The van der Waals surface area contributed by atoms with Gasteiger partial charge in [0.05, 0.1) is 12.6 Å². The predicted molar refractivity (Wildman–Crippen MR) is 86.8 cm³/mol. The number of rotatable bonds is 9. The van der Waals surface area contributed by atoms with Crippen LogP contribution in [-0.4, -0.2) is 37.7 Å². The highest BCUT2D eigenvalue weighted by Gasteiger charge is 2.25. The molecule has 2 N–H and O–H groups in total. The lowest BCUT2D eigenvalue weighted by Crippen LogP contribution is -2.42. The van der Waals surface area contributed by atoms with Gasteiger partial charge in [-0.1, -0.05) is 13.8 Å². The minimum absolute atomic E-state index is 0.288. The smallest absolute Gasteiger partial charge is 0.0590 e. The molecule has 0 aliphatic carbocycles. The zero-order valence-corrected chi connectivity index (χ0v) is 14.5. The molecule has 0 saturated carbocycles. The normalized spacial score (nSPS) is 13.4. The highest BCUT2D eigenvalue weighted by molar-refractivity contribution is 9.10. The van der Waals surface area contributed by atoms with Crippen LogP contribution in [0.4, 0.5) is 0 Å². The molecule has 0 bridgehead atoms. The van der Waals surface area contributed by atoms with Gasteiger partial charge in [0, 0.05) is 41.0 Å². The molecule has 0 aromatic carbocycles. The minimum atomic E-state index is 0.288. The lowest BCUT2D eigenvalue weighted by atomic mass is 10.1. The van der Waals surface area contributed by atoms with Gasteiger partial charge in [-0.05, 0) is 34.8 Å². The summed E-state index contributed by atoms with van der Waals surface area (Å²) in [5.74, 6) is 0. The monoisotopic (exact) mass is 348 g/mol. The summed E-state index contributed by atoms with van der Waals surface area (Å²) in [6, 6.07) is 3.03. The Morgan fingerprint density at radius 1 is 1.42 bits per heavy atom. The van der Waals surface area contributed by atoms with E-state index in [4.69, 9.17) is 10.5 Å². The van der Waals surface area contributed by atoms with Gasteiger partial charge in [0.1, 0.15) is 0 Å². The molecule has 1 atom stereocenters. The van der Waals surface area contributed by atoms with Crippen LogP contribution >= 0.6 is 27.3 Å². The number of hydrogen-bond acceptors (Lipinski definition) is 4. The maximum absolute atomic E-state index is 6.04. The predicted octanol–water partition coefficient (Wildman–Crippen LogP) is 3.65. The van der Waals surface area contributed by atoms with Gasteiger partial charge >= 0.3 is 0 Å². The Morgan fingerprint density at radius 2 is 2.11 bits per heavy atom. The molecule has 0 radical (unpaired) electrons. The molecule has 1 unspecified atom stereocenters. The van der Waals surface area contributed by atoms with Crippen LogP contribution in [0, 0.1) is 0 Å². The molecule has 0 fully saturated rings. The van der Waals surface area contributed by atoms with Gasteiger partial charge in [-0.25, -0.2) is 0 Å². The molecule has 0 aliphatic rings.